The molecule has 0 fully saturated rings. The number of ether oxygens (including phenoxy) is 4. The minimum absolute atomic E-state index is 0.139. The molecule has 0 aromatic heterocycles. The highest BCUT2D eigenvalue weighted by molar-refractivity contribution is 9.10. The van der Waals surface area contributed by atoms with Gasteiger partial charge in [0.05, 0.1) is 12.2 Å². The topological polar surface area (TPSA) is 57.2 Å². The second kappa shape index (κ2) is 8.82. The summed E-state index contributed by atoms with van der Waals surface area (Å²) in [5.41, 5.74) is 5.34. The zero-order chi connectivity index (χ0) is 24.1. The lowest BCUT2D eigenvalue weighted by Crippen LogP contribution is -2.34. The molecule has 0 N–H and O–H groups in total. The fraction of sp³-hybridized carbons (Fsp3) is 0.250. The minimum Gasteiger partial charge on any atom is -0.477 e. The Hall–Kier alpha value is -3.13. The summed E-state index contributed by atoms with van der Waals surface area (Å²) in [7, 11) is 0. The van der Waals surface area contributed by atoms with Crippen LogP contribution >= 0.6 is 15.9 Å². The van der Waals surface area contributed by atoms with Gasteiger partial charge in [0, 0.05) is 39.3 Å². The molecule has 0 aliphatic carbocycles. The predicted molar refractivity (Wildman–Crippen MR) is 134 cm³/mol. The molecule has 3 heterocycles. The monoisotopic (exact) mass is 533 g/mol. The number of ketones is 1. The Morgan fingerprint density at radius 2 is 1.86 bits per heavy atom. The lowest BCUT2D eigenvalue weighted by atomic mass is 9.98. The SMILES string of the molecule is Cc1c2c(cc3c1O/C(=C\c1cc(Br)cc4c1OCOC4)C3=O)CN(C(C)c1ccccc1)CO2. The van der Waals surface area contributed by atoms with Crippen molar-refractivity contribution in [3.05, 3.63) is 92.1 Å². The molecule has 3 aromatic rings. The Morgan fingerprint density at radius 3 is 2.69 bits per heavy atom. The molecule has 0 saturated carbocycles. The van der Waals surface area contributed by atoms with E-state index in [1.54, 1.807) is 6.08 Å². The summed E-state index contributed by atoms with van der Waals surface area (Å²) >= 11 is 3.54. The lowest BCUT2D eigenvalue weighted by Gasteiger charge is -2.34. The van der Waals surface area contributed by atoms with Crippen LogP contribution in [0.4, 0.5) is 0 Å². The number of fused-ring (bicyclic) bond motifs is 3. The Balaban J connectivity index is 1.32. The first-order valence-corrected chi connectivity index (χ1v) is 12.3. The summed E-state index contributed by atoms with van der Waals surface area (Å²) in [5.74, 6) is 2.21. The van der Waals surface area contributed by atoms with E-state index in [2.05, 4.69) is 39.9 Å². The average molecular weight is 534 g/mol. The standard InChI is InChI=1S/C28H24BrNO5/c1-16-26-20(12-30(14-33-26)17(2)18-6-4-3-5-7-18)10-23-25(31)24(35-27(16)23)11-19-8-22(29)9-21-13-32-15-34-28(19)21/h3-11,17H,12-15H2,1-2H3/b24-11-. The summed E-state index contributed by atoms with van der Waals surface area (Å²) in [5, 5.41) is 0. The Kier molecular flexibility index (Phi) is 5.63. The number of carbonyl (C=O) groups is 1. The van der Waals surface area contributed by atoms with Crippen LogP contribution in [-0.4, -0.2) is 24.2 Å². The van der Waals surface area contributed by atoms with Gasteiger partial charge in [0.25, 0.3) is 0 Å². The molecule has 1 unspecified atom stereocenters. The van der Waals surface area contributed by atoms with Crippen molar-refractivity contribution < 1.29 is 23.7 Å². The van der Waals surface area contributed by atoms with E-state index < -0.39 is 0 Å². The van der Waals surface area contributed by atoms with Crippen LogP contribution in [0.25, 0.3) is 6.08 Å². The summed E-state index contributed by atoms with van der Waals surface area (Å²) in [6.07, 6.45) is 1.75. The normalized spacial score (nSPS) is 18.7. The predicted octanol–water partition coefficient (Wildman–Crippen LogP) is 6.15. The largest absolute Gasteiger partial charge is 0.477 e. The van der Waals surface area contributed by atoms with Crippen LogP contribution in [0.5, 0.6) is 17.2 Å². The maximum absolute atomic E-state index is 13.4. The van der Waals surface area contributed by atoms with Crippen LogP contribution in [0, 0.1) is 6.92 Å². The maximum atomic E-state index is 13.4. The zero-order valence-electron chi connectivity index (χ0n) is 19.5. The average Bonchev–Trinajstić information content (AvgIpc) is 3.19. The van der Waals surface area contributed by atoms with E-state index in [1.807, 2.05) is 43.3 Å². The van der Waals surface area contributed by atoms with E-state index in [1.165, 1.54) is 5.56 Å². The quantitative estimate of drug-likeness (QED) is 0.376. The molecule has 0 saturated heterocycles. The first-order valence-electron chi connectivity index (χ1n) is 11.5. The van der Waals surface area contributed by atoms with Crippen molar-refractivity contribution in [3.63, 3.8) is 0 Å². The molecule has 7 heteroatoms. The second-order valence-electron chi connectivity index (χ2n) is 9.01. The van der Waals surface area contributed by atoms with Crippen molar-refractivity contribution in [2.24, 2.45) is 0 Å². The number of halogens is 1. The van der Waals surface area contributed by atoms with Gasteiger partial charge in [-0.05, 0) is 43.7 Å². The van der Waals surface area contributed by atoms with Gasteiger partial charge in [-0.25, -0.2) is 0 Å². The van der Waals surface area contributed by atoms with Crippen molar-refractivity contribution in [1.82, 2.24) is 4.90 Å². The van der Waals surface area contributed by atoms with Gasteiger partial charge >= 0.3 is 0 Å². The fourth-order valence-electron chi connectivity index (χ4n) is 4.91. The van der Waals surface area contributed by atoms with E-state index in [4.69, 9.17) is 18.9 Å². The van der Waals surface area contributed by atoms with Crippen molar-refractivity contribution in [1.29, 1.82) is 0 Å². The number of rotatable bonds is 3. The van der Waals surface area contributed by atoms with Gasteiger partial charge in [0.15, 0.2) is 12.6 Å². The molecule has 3 aliphatic rings. The van der Waals surface area contributed by atoms with Crippen LogP contribution in [0.3, 0.4) is 0 Å². The van der Waals surface area contributed by atoms with Gasteiger partial charge in [-0.2, -0.15) is 0 Å². The van der Waals surface area contributed by atoms with Gasteiger partial charge < -0.3 is 18.9 Å². The first-order chi connectivity index (χ1) is 17.0. The molecule has 6 rings (SSSR count). The molecule has 3 aromatic carbocycles. The molecular weight excluding hydrogens is 510 g/mol. The molecule has 35 heavy (non-hydrogen) atoms. The molecule has 6 nitrogen and oxygen atoms in total. The minimum atomic E-state index is -0.139. The number of carbonyl (C=O) groups excluding carboxylic acids is 1. The van der Waals surface area contributed by atoms with E-state index in [-0.39, 0.29) is 24.4 Å². The van der Waals surface area contributed by atoms with Crippen molar-refractivity contribution in [2.45, 2.75) is 33.0 Å². The van der Waals surface area contributed by atoms with Crippen molar-refractivity contribution in [2.75, 3.05) is 13.5 Å². The maximum Gasteiger partial charge on any atom is 0.231 e. The number of allylic oxidation sites excluding steroid dienone is 1. The Bertz CT molecular complexity index is 1370. The van der Waals surface area contributed by atoms with E-state index in [0.717, 1.165) is 32.5 Å². The van der Waals surface area contributed by atoms with Crippen molar-refractivity contribution >= 4 is 27.8 Å². The number of nitrogens with zero attached hydrogens (tertiary/aromatic N) is 1. The number of hydrogen-bond acceptors (Lipinski definition) is 6. The third kappa shape index (κ3) is 3.93. The van der Waals surface area contributed by atoms with Gasteiger partial charge in [-0.15, -0.1) is 0 Å². The summed E-state index contributed by atoms with van der Waals surface area (Å²) in [4.78, 5) is 15.7. The van der Waals surface area contributed by atoms with E-state index in [0.29, 0.717) is 36.9 Å². The zero-order valence-corrected chi connectivity index (χ0v) is 21.1. The number of benzene rings is 3. The molecular formula is C28H24BrNO5. The third-order valence-electron chi connectivity index (χ3n) is 6.78. The highest BCUT2D eigenvalue weighted by atomic mass is 79.9. The number of hydrogen-bond donors (Lipinski definition) is 0. The Morgan fingerprint density at radius 1 is 1.03 bits per heavy atom. The second-order valence-corrected chi connectivity index (χ2v) is 9.92. The van der Waals surface area contributed by atoms with Gasteiger partial charge in [-0.1, -0.05) is 46.3 Å². The van der Waals surface area contributed by atoms with Crippen LogP contribution in [0.15, 0.2) is 58.8 Å². The van der Waals surface area contributed by atoms with Crippen LogP contribution in [0.1, 0.15) is 51.1 Å². The van der Waals surface area contributed by atoms with Crippen LogP contribution < -0.4 is 14.2 Å². The molecule has 0 radical (unpaired) electrons. The van der Waals surface area contributed by atoms with Gasteiger partial charge in [-0.3, -0.25) is 9.69 Å². The molecule has 0 amide bonds. The molecule has 178 valence electrons. The number of Topliss-reactive ketones (excluding diaryl/α,β-unsaturated/α-hetero) is 1. The molecule has 1 atom stereocenters. The molecule has 0 bridgehead atoms. The van der Waals surface area contributed by atoms with Crippen LogP contribution in [-0.2, 0) is 17.9 Å². The third-order valence-corrected chi connectivity index (χ3v) is 7.24. The molecule has 3 aliphatic heterocycles. The van der Waals surface area contributed by atoms with E-state index >= 15 is 0 Å². The fourth-order valence-corrected chi connectivity index (χ4v) is 5.44. The summed E-state index contributed by atoms with van der Waals surface area (Å²) in [6, 6.07) is 16.3. The lowest BCUT2D eigenvalue weighted by molar-refractivity contribution is -0.0165. The van der Waals surface area contributed by atoms with Gasteiger partial charge in [0.2, 0.25) is 5.78 Å². The summed E-state index contributed by atoms with van der Waals surface area (Å²) in [6.45, 7) is 5.93. The van der Waals surface area contributed by atoms with E-state index in [9.17, 15) is 4.79 Å². The highest BCUT2D eigenvalue weighted by Crippen LogP contribution is 2.44. The highest BCUT2D eigenvalue weighted by Gasteiger charge is 2.34. The van der Waals surface area contributed by atoms with Gasteiger partial charge in [0.1, 0.15) is 24.0 Å². The smallest absolute Gasteiger partial charge is 0.231 e. The first kappa shape index (κ1) is 22.3. The van der Waals surface area contributed by atoms with Crippen molar-refractivity contribution in [3.8, 4) is 17.2 Å². The molecule has 0 spiro atoms. The van der Waals surface area contributed by atoms with Crippen LogP contribution in [0.2, 0.25) is 0 Å². The Labute approximate surface area is 212 Å². The summed E-state index contributed by atoms with van der Waals surface area (Å²) < 4.78 is 24.3.